The molecule has 0 bridgehead atoms. The molecule has 0 aliphatic carbocycles. The van der Waals surface area contributed by atoms with Crippen LogP contribution in [0.1, 0.15) is 34.8 Å². The van der Waals surface area contributed by atoms with Crippen LogP contribution in [0, 0.1) is 12.8 Å². The number of primary amides is 1. The van der Waals surface area contributed by atoms with E-state index in [-0.39, 0.29) is 23.3 Å². The first kappa shape index (κ1) is 18.8. The minimum Gasteiger partial charge on any atom is -0.488 e. The molecule has 1 amide bonds. The zero-order chi connectivity index (χ0) is 19.7. The van der Waals surface area contributed by atoms with E-state index in [1.165, 1.54) is 23.2 Å². The van der Waals surface area contributed by atoms with Gasteiger partial charge < -0.3 is 15.5 Å². The first-order valence-electron chi connectivity index (χ1n) is 8.40. The van der Waals surface area contributed by atoms with E-state index in [2.05, 4.69) is 9.97 Å². The Morgan fingerprint density at radius 2 is 2.15 bits per heavy atom. The van der Waals surface area contributed by atoms with E-state index >= 15 is 0 Å². The summed E-state index contributed by atoms with van der Waals surface area (Å²) in [6.07, 6.45) is 2.89. The molecule has 8 nitrogen and oxygen atoms in total. The van der Waals surface area contributed by atoms with Crippen molar-refractivity contribution in [1.82, 2.24) is 14.5 Å². The van der Waals surface area contributed by atoms with Crippen LogP contribution < -0.4 is 21.5 Å². The summed E-state index contributed by atoms with van der Waals surface area (Å²) in [7, 11) is 0. The fourth-order valence-electron chi connectivity index (χ4n) is 2.65. The van der Waals surface area contributed by atoms with Gasteiger partial charge in [0.25, 0.3) is 11.5 Å². The van der Waals surface area contributed by atoms with Crippen molar-refractivity contribution in [1.29, 1.82) is 0 Å². The van der Waals surface area contributed by atoms with Crippen molar-refractivity contribution in [3.63, 3.8) is 0 Å². The lowest BCUT2D eigenvalue weighted by atomic mass is 10.2. The summed E-state index contributed by atoms with van der Waals surface area (Å²) in [4.78, 5) is 44.5. The number of rotatable bonds is 6. The quantitative estimate of drug-likeness (QED) is 0.665. The van der Waals surface area contributed by atoms with Gasteiger partial charge in [-0.05, 0) is 18.4 Å². The van der Waals surface area contributed by atoms with Crippen LogP contribution in [0.2, 0.25) is 0 Å². The summed E-state index contributed by atoms with van der Waals surface area (Å²) in [5, 5.41) is 0.371. The third-order valence-corrected chi connectivity index (χ3v) is 5.21. The second-order valence-electron chi connectivity index (χ2n) is 6.67. The Bertz CT molecular complexity index is 1130. The van der Waals surface area contributed by atoms with E-state index in [0.717, 1.165) is 11.3 Å². The van der Waals surface area contributed by atoms with Crippen molar-refractivity contribution in [2.45, 2.75) is 27.3 Å². The molecule has 0 atom stereocenters. The van der Waals surface area contributed by atoms with Crippen molar-refractivity contribution in [3.05, 3.63) is 55.3 Å². The topological polar surface area (TPSA) is 120 Å². The number of ether oxygens (including phenoxy) is 1. The van der Waals surface area contributed by atoms with E-state index in [9.17, 15) is 14.4 Å². The van der Waals surface area contributed by atoms with Gasteiger partial charge in [0, 0.05) is 18.0 Å². The molecule has 3 rings (SSSR count). The van der Waals surface area contributed by atoms with Crippen LogP contribution in [-0.2, 0) is 6.54 Å². The molecule has 0 radical (unpaired) electrons. The van der Waals surface area contributed by atoms with E-state index in [0.29, 0.717) is 38.9 Å². The molecule has 0 aromatic carbocycles. The summed E-state index contributed by atoms with van der Waals surface area (Å²) in [6.45, 7) is 6.25. The number of aromatic nitrogens is 3. The Morgan fingerprint density at radius 3 is 2.78 bits per heavy atom. The normalized spacial score (nSPS) is 11.3. The van der Waals surface area contributed by atoms with Gasteiger partial charge in [-0.3, -0.25) is 19.0 Å². The maximum Gasteiger partial charge on any atom is 0.262 e. The van der Waals surface area contributed by atoms with Crippen LogP contribution in [0.25, 0.3) is 10.2 Å². The number of carbonyl (C=O) groups excluding carboxylic acids is 1. The Kier molecular flexibility index (Phi) is 5.13. The van der Waals surface area contributed by atoms with Crippen molar-refractivity contribution in [2.75, 3.05) is 6.61 Å². The summed E-state index contributed by atoms with van der Waals surface area (Å²) in [5.41, 5.74) is 5.88. The number of H-pyrrole nitrogens is 1. The van der Waals surface area contributed by atoms with Gasteiger partial charge in [0.15, 0.2) is 5.75 Å². The molecular formula is C18H20N4O4S. The van der Waals surface area contributed by atoms with E-state index < -0.39 is 5.91 Å². The predicted octanol–water partition coefficient (Wildman–Crippen LogP) is 1.64. The number of fused-ring (bicyclic) bond motifs is 1. The average molecular weight is 388 g/mol. The van der Waals surface area contributed by atoms with Gasteiger partial charge in [-0.2, -0.15) is 0 Å². The van der Waals surface area contributed by atoms with Gasteiger partial charge in [-0.1, -0.05) is 13.8 Å². The number of pyridine rings is 1. The van der Waals surface area contributed by atoms with Gasteiger partial charge in [0.2, 0.25) is 5.43 Å². The molecule has 0 saturated carbocycles. The van der Waals surface area contributed by atoms with E-state index in [4.69, 9.17) is 10.5 Å². The molecule has 3 N–H and O–H groups in total. The maximum atomic E-state index is 12.8. The van der Waals surface area contributed by atoms with E-state index in [1.54, 1.807) is 6.92 Å². The highest BCUT2D eigenvalue weighted by Crippen LogP contribution is 2.26. The third-order valence-electron chi connectivity index (χ3n) is 3.99. The molecule has 9 heteroatoms. The third kappa shape index (κ3) is 3.77. The highest BCUT2D eigenvalue weighted by atomic mass is 32.1. The van der Waals surface area contributed by atoms with Crippen molar-refractivity contribution in [3.8, 4) is 5.75 Å². The van der Waals surface area contributed by atoms with Crippen LogP contribution in [0.3, 0.4) is 0 Å². The molecule has 27 heavy (non-hydrogen) atoms. The Balaban J connectivity index is 1.93. The van der Waals surface area contributed by atoms with Gasteiger partial charge >= 0.3 is 0 Å². The minimum absolute atomic E-state index is 0.142. The standard InChI is InChI=1S/C18H20N4O4S/c1-9(2)7-26-13-5-20-11(4-12(13)23)6-22-8-21-17-14(18(22)25)10(3)15(27-17)16(19)24/h4-5,8-9H,6-7H2,1-3H3,(H2,19,24)(H,20,23). The van der Waals surface area contributed by atoms with Crippen LogP contribution in [0.4, 0.5) is 0 Å². The molecule has 3 aromatic heterocycles. The number of carbonyl (C=O) groups is 1. The Labute approximate surface area is 158 Å². The van der Waals surface area contributed by atoms with Crippen molar-refractivity contribution >= 4 is 27.5 Å². The van der Waals surface area contributed by atoms with Gasteiger partial charge in [0.1, 0.15) is 4.83 Å². The SMILES string of the molecule is Cc1c(C(N)=O)sc2ncn(Cc3cc(=O)c(OCC(C)C)c[nH]3)c(=O)c12. The molecule has 0 saturated heterocycles. The van der Waals surface area contributed by atoms with Crippen LogP contribution in [0.5, 0.6) is 5.75 Å². The molecule has 3 aromatic rings. The van der Waals surface area contributed by atoms with Gasteiger partial charge in [0.05, 0.1) is 29.7 Å². The molecule has 0 fully saturated rings. The number of hydrogen-bond donors (Lipinski definition) is 2. The van der Waals surface area contributed by atoms with Gasteiger partial charge in [-0.15, -0.1) is 11.3 Å². The number of aryl methyl sites for hydroxylation is 1. The predicted molar refractivity (Wildman–Crippen MR) is 104 cm³/mol. The van der Waals surface area contributed by atoms with Crippen LogP contribution >= 0.6 is 11.3 Å². The van der Waals surface area contributed by atoms with Crippen LogP contribution in [-0.4, -0.2) is 27.0 Å². The lowest BCUT2D eigenvalue weighted by Crippen LogP contribution is -2.22. The molecule has 0 spiro atoms. The second-order valence-corrected chi connectivity index (χ2v) is 7.67. The summed E-state index contributed by atoms with van der Waals surface area (Å²) < 4.78 is 6.84. The van der Waals surface area contributed by atoms with Gasteiger partial charge in [-0.25, -0.2) is 4.98 Å². The minimum atomic E-state index is -0.581. The summed E-state index contributed by atoms with van der Waals surface area (Å²) in [5.74, 6) is -0.0319. The number of amides is 1. The number of thiophene rings is 1. The average Bonchev–Trinajstić information content (AvgIpc) is 2.94. The fraction of sp³-hybridized carbons (Fsp3) is 0.333. The Hall–Kier alpha value is -2.94. The Morgan fingerprint density at radius 1 is 1.41 bits per heavy atom. The number of nitrogens with two attached hydrogens (primary N) is 1. The summed E-state index contributed by atoms with van der Waals surface area (Å²) in [6, 6.07) is 1.40. The first-order chi connectivity index (χ1) is 12.8. The second kappa shape index (κ2) is 7.36. The number of nitrogens with zero attached hydrogens (tertiary/aromatic N) is 2. The van der Waals surface area contributed by atoms with Crippen LogP contribution in [0.15, 0.2) is 28.2 Å². The maximum absolute atomic E-state index is 12.8. The number of aromatic amines is 1. The molecule has 0 aliphatic heterocycles. The highest BCUT2D eigenvalue weighted by Gasteiger charge is 2.17. The summed E-state index contributed by atoms with van der Waals surface area (Å²) >= 11 is 1.10. The lowest BCUT2D eigenvalue weighted by Gasteiger charge is -2.09. The number of hydrogen-bond acceptors (Lipinski definition) is 6. The first-order valence-corrected chi connectivity index (χ1v) is 9.22. The molecule has 3 heterocycles. The molecule has 142 valence electrons. The lowest BCUT2D eigenvalue weighted by molar-refractivity contribution is 0.100. The van der Waals surface area contributed by atoms with E-state index in [1.807, 2.05) is 13.8 Å². The molecule has 0 aliphatic rings. The number of nitrogens with one attached hydrogen (secondary N) is 1. The zero-order valence-electron chi connectivity index (χ0n) is 15.2. The van der Waals surface area contributed by atoms with Crippen molar-refractivity contribution < 1.29 is 9.53 Å². The largest absolute Gasteiger partial charge is 0.488 e. The zero-order valence-corrected chi connectivity index (χ0v) is 16.1. The van der Waals surface area contributed by atoms with Crippen molar-refractivity contribution in [2.24, 2.45) is 11.7 Å². The fourth-order valence-corrected chi connectivity index (χ4v) is 3.64. The molecule has 0 unspecified atom stereocenters. The molecular weight excluding hydrogens is 368 g/mol. The smallest absolute Gasteiger partial charge is 0.262 e. The highest BCUT2D eigenvalue weighted by molar-refractivity contribution is 7.20. The monoisotopic (exact) mass is 388 g/mol.